The van der Waals surface area contributed by atoms with Gasteiger partial charge in [0.05, 0.1) is 5.39 Å². The van der Waals surface area contributed by atoms with Gasteiger partial charge in [-0.15, -0.1) is 11.3 Å². The van der Waals surface area contributed by atoms with E-state index in [4.69, 9.17) is 0 Å². The first-order chi connectivity index (χ1) is 14.7. The Bertz CT molecular complexity index is 1140. The van der Waals surface area contributed by atoms with Crippen molar-refractivity contribution in [1.82, 2.24) is 9.97 Å². The van der Waals surface area contributed by atoms with E-state index in [0.29, 0.717) is 5.92 Å². The molecule has 5 rings (SSSR count). The van der Waals surface area contributed by atoms with E-state index >= 15 is 0 Å². The molecule has 30 heavy (non-hydrogen) atoms. The molecule has 2 aromatic heterocycles. The van der Waals surface area contributed by atoms with Crippen LogP contribution in [0.3, 0.4) is 0 Å². The number of hydrogen-bond donors (Lipinski definition) is 1. The largest absolute Gasteiger partial charge is 0.372 e. The monoisotopic (exact) mass is 414 g/mol. The molecule has 4 aromatic rings. The maximum Gasteiger partial charge on any atom is 0.143 e. The van der Waals surface area contributed by atoms with E-state index in [2.05, 4.69) is 87.9 Å². The number of nitrogens with one attached hydrogen (secondary N) is 1. The Balaban J connectivity index is 1.47. The van der Waals surface area contributed by atoms with Gasteiger partial charge in [-0.25, -0.2) is 9.97 Å². The normalized spacial score (nSPS) is 14.0. The third-order valence-corrected chi connectivity index (χ3v) is 6.75. The summed E-state index contributed by atoms with van der Waals surface area (Å²) >= 11 is 1.67. The number of hydrogen-bond acceptors (Lipinski definition) is 5. The van der Waals surface area contributed by atoms with Gasteiger partial charge in [-0.2, -0.15) is 0 Å². The summed E-state index contributed by atoms with van der Waals surface area (Å²) in [5.41, 5.74) is 6.08. The fourth-order valence-electron chi connectivity index (χ4n) is 4.10. The van der Waals surface area contributed by atoms with Crippen LogP contribution in [0.2, 0.25) is 0 Å². The summed E-state index contributed by atoms with van der Waals surface area (Å²) in [7, 11) is 0. The molecule has 2 aromatic carbocycles. The molecule has 1 N–H and O–H groups in total. The van der Waals surface area contributed by atoms with Gasteiger partial charge >= 0.3 is 0 Å². The second-order valence-corrected chi connectivity index (χ2v) is 9.05. The minimum atomic E-state index is 0.530. The van der Waals surface area contributed by atoms with Gasteiger partial charge < -0.3 is 10.2 Å². The van der Waals surface area contributed by atoms with Crippen LogP contribution in [0, 0.1) is 0 Å². The molecule has 0 unspecified atom stereocenters. The molecule has 0 bridgehead atoms. The number of rotatable bonds is 5. The van der Waals surface area contributed by atoms with Gasteiger partial charge in [-0.05, 0) is 54.2 Å². The lowest BCUT2D eigenvalue weighted by Crippen LogP contribution is -2.17. The van der Waals surface area contributed by atoms with E-state index in [9.17, 15) is 0 Å². The first-order valence-electron chi connectivity index (χ1n) is 10.6. The van der Waals surface area contributed by atoms with Crippen LogP contribution in [0.1, 0.15) is 38.2 Å². The molecule has 3 heterocycles. The van der Waals surface area contributed by atoms with Crippen LogP contribution in [0.15, 0.2) is 60.2 Å². The van der Waals surface area contributed by atoms with Crippen LogP contribution in [0.4, 0.5) is 17.2 Å². The van der Waals surface area contributed by atoms with Crippen LogP contribution < -0.4 is 10.2 Å². The van der Waals surface area contributed by atoms with Crippen molar-refractivity contribution >= 4 is 38.7 Å². The van der Waals surface area contributed by atoms with Gasteiger partial charge in [0.25, 0.3) is 0 Å². The zero-order valence-electron chi connectivity index (χ0n) is 17.4. The fraction of sp³-hybridized carbons (Fsp3) is 0.280. The Labute approximate surface area is 181 Å². The van der Waals surface area contributed by atoms with Crippen molar-refractivity contribution < 1.29 is 0 Å². The van der Waals surface area contributed by atoms with Gasteiger partial charge in [-0.1, -0.05) is 38.1 Å². The molecule has 1 saturated heterocycles. The average molecular weight is 415 g/mol. The highest BCUT2D eigenvalue weighted by atomic mass is 32.1. The lowest BCUT2D eigenvalue weighted by atomic mass is 9.99. The smallest absolute Gasteiger partial charge is 0.143 e. The van der Waals surface area contributed by atoms with Crippen LogP contribution in [-0.4, -0.2) is 23.1 Å². The fourth-order valence-corrected chi connectivity index (χ4v) is 5.01. The summed E-state index contributed by atoms with van der Waals surface area (Å²) in [6.07, 6.45) is 4.22. The van der Waals surface area contributed by atoms with Gasteiger partial charge in [0.1, 0.15) is 17.0 Å². The number of benzene rings is 2. The van der Waals surface area contributed by atoms with Crippen LogP contribution in [0.25, 0.3) is 21.3 Å². The Morgan fingerprint density at radius 2 is 1.67 bits per heavy atom. The number of aromatic nitrogens is 2. The molecule has 1 aliphatic heterocycles. The Hall–Kier alpha value is -2.92. The summed E-state index contributed by atoms with van der Waals surface area (Å²) in [5.74, 6) is 1.39. The van der Waals surface area contributed by atoms with Crippen molar-refractivity contribution in [3.05, 3.63) is 65.8 Å². The lowest BCUT2D eigenvalue weighted by molar-refractivity contribution is 0.867. The van der Waals surface area contributed by atoms with E-state index < -0.39 is 0 Å². The zero-order chi connectivity index (χ0) is 20.5. The van der Waals surface area contributed by atoms with Crippen molar-refractivity contribution in [2.75, 3.05) is 23.3 Å². The third kappa shape index (κ3) is 3.65. The molecule has 152 valence electrons. The van der Waals surface area contributed by atoms with Gasteiger partial charge in [0, 0.05) is 35.4 Å². The Morgan fingerprint density at radius 3 is 2.37 bits per heavy atom. The molecule has 1 fully saturated rings. The Morgan fingerprint density at radius 1 is 0.933 bits per heavy atom. The first kappa shape index (κ1) is 19.1. The van der Waals surface area contributed by atoms with Crippen molar-refractivity contribution in [2.45, 2.75) is 32.6 Å². The maximum atomic E-state index is 4.58. The molecule has 0 aliphatic carbocycles. The standard InChI is InChI=1S/C25H26N4S/c1-17(2)18-5-7-19(8-6-18)22-15-30-25-23(22)24(26-16-27-25)28-20-9-11-21(12-10-20)29-13-3-4-14-29/h5-12,15-17H,3-4,13-14H2,1-2H3,(H,26,27,28). The van der Waals surface area contributed by atoms with E-state index in [1.807, 2.05) is 0 Å². The highest BCUT2D eigenvalue weighted by molar-refractivity contribution is 7.17. The number of nitrogens with zero attached hydrogens (tertiary/aromatic N) is 3. The van der Waals surface area contributed by atoms with Gasteiger partial charge in [0.15, 0.2) is 0 Å². The van der Waals surface area contributed by atoms with Crippen LogP contribution in [-0.2, 0) is 0 Å². The van der Waals surface area contributed by atoms with E-state index in [-0.39, 0.29) is 0 Å². The number of thiophene rings is 1. The second-order valence-electron chi connectivity index (χ2n) is 8.19. The second kappa shape index (κ2) is 8.07. The van der Waals surface area contributed by atoms with Crippen molar-refractivity contribution in [1.29, 1.82) is 0 Å². The predicted molar refractivity (Wildman–Crippen MR) is 128 cm³/mol. The zero-order valence-corrected chi connectivity index (χ0v) is 18.2. The topological polar surface area (TPSA) is 41.1 Å². The summed E-state index contributed by atoms with van der Waals surface area (Å²) < 4.78 is 0. The van der Waals surface area contributed by atoms with E-state index in [1.165, 1.54) is 35.2 Å². The van der Waals surface area contributed by atoms with Crippen molar-refractivity contribution in [3.8, 4) is 11.1 Å². The van der Waals surface area contributed by atoms with Crippen molar-refractivity contribution in [2.24, 2.45) is 0 Å². The number of fused-ring (bicyclic) bond motifs is 1. The molecule has 0 saturated carbocycles. The predicted octanol–water partition coefficient (Wildman–Crippen LogP) is 6.83. The average Bonchev–Trinajstić information content (AvgIpc) is 3.45. The summed E-state index contributed by atoms with van der Waals surface area (Å²) in [6, 6.07) is 17.5. The van der Waals surface area contributed by atoms with E-state index in [0.717, 1.165) is 34.8 Å². The van der Waals surface area contributed by atoms with Crippen molar-refractivity contribution in [3.63, 3.8) is 0 Å². The number of anilines is 3. The molecule has 0 atom stereocenters. The molecular weight excluding hydrogens is 388 g/mol. The molecular formula is C25H26N4S. The first-order valence-corrected chi connectivity index (χ1v) is 11.5. The summed E-state index contributed by atoms with van der Waals surface area (Å²) in [4.78, 5) is 12.5. The molecule has 1 aliphatic rings. The summed E-state index contributed by atoms with van der Waals surface area (Å²) in [6.45, 7) is 6.76. The maximum absolute atomic E-state index is 4.58. The summed E-state index contributed by atoms with van der Waals surface area (Å²) in [5, 5.41) is 6.80. The van der Waals surface area contributed by atoms with Crippen LogP contribution >= 0.6 is 11.3 Å². The molecule has 0 amide bonds. The van der Waals surface area contributed by atoms with Gasteiger partial charge in [-0.3, -0.25) is 0 Å². The SMILES string of the molecule is CC(C)c1ccc(-c2csc3ncnc(Nc4ccc(N5CCCC5)cc4)c23)cc1. The minimum Gasteiger partial charge on any atom is -0.372 e. The highest BCUT2D eigenvalue weighted by Gasteiger charge is 2.15. The van der Waals surface area contributed by atoms with Gasteiger partial charge in [0.2, 0.25) is 0 Å². The lowest BCUT2D eigenvalue weighted by Gasteiger charge is -2.18. The molecule has 0 spiro atoms. The van der Waals surface area contributed by atoms with E-state index in [1.54, 1.807) is 17.7 Å². The molecule has 0 radical (unpaired) electrons. The minimum absolute atomic E-state index is 0.530. The van der Waals surface area contributed by atoms with Crippen LogP contribution in [0.5, 0.6) is 0 Å². The molecule has 4 nitrogen and oxygen atoms in total. The quantitative estimate of drug-likeness (QED) is 0.389. The molecule has 5 heteroatoms. The highest BCUT2D eigenvalue weighted by Crippen LogP contribution is 2.38. The third-order valence-electron chi connectivity index (χ3n) is 5.86. The Kier molecular flexibility index (Phi) is 5.13.